The summed E-state index contributed by atoms with van der Waals surface area (Å²) < 4.78 is 63.0. The number of nitrogens with two attached hydrogens (primary N) is 1. The Hall–Kier alpha value is -1.90. The number of nitrogens with zero attached hydrogens (tertiary/aromatic N) is 1. The highest BCUT2D eigenvalue weighted by Gasteiger charge is 2.35. The normalized spacial score (nSPS) is 11.2. The zero-order chi connectivity index (χ0) is 13.9. The van der Waals surface area contributed by atoms with Crippen LogP contribution in [0.3, 0.4) is 0 Å². The Morgan fingerprint density at radius 2 is 1.84 bits per heavy atom. The second-order valence-corrected chi connectivity index (χ2v) is 3.11. The second-order valence-electron chi connectivity index (χ2n) is 3.11. The van der Waals surface area contributed by atoms with Gasteiger partial charge >= 0.3 is 6.18 Å². The highest BCUT2D eigenvalue weighted by Crippen LogP contribution is 2.32. The third-order valence-electron chi connectivity index (χ3n) is 1.81. The number of hydrazone groups is 1. The average Bonchev–Trinajstić information content (AvgIpc) is 2.22. The van der Waals surface area contributed by atoms with E-state index in [1.807, 2.05) is 5.43 Å². The Balaban J connectivity index is 0.00000324. The summed E-state index contributed by atoms with van der Waals surface area (Å²) in [5, 5.41) is 9.93. The van der Waals surface area contributed by atoms with Crippen LogP contribution in [0.2, 0.25) is 0 Å². The molecule has 0 bridgehead atoms. The van der Waals surface area contributed by atoms with Gasteiger partial charge in [0.1, 0.15) is 0 Å². The van der Waals surface area contributed by atoms with Crippen LogP contribution in [-0.2, 0) is 6.18 Å². The fourth-order valence-electron chi connectivity index (χ4n) is 1.05. The lowest BCUT2D eigenvalue weighted by molar-refractivity contribution is -0.140. The molecule has 0 saturated heterocycles. The number of hydrogen-bond acceptors (Lipinski definition) is 2. The highest BCUT2D eigenvalue weighted by atomic mass is 35.5. The van der Waals surface area contributed by atoms with Crippen LogP contribution in [0.15, 0.2) is 17.2 Å². The minimum Gasteiger partial charge on any atom is -0.369 e. The maximum absolute atomic E-state index is 13.2. The quantitative estimate of drug-likeness (QED) is 0.339. The molecule has 0 aromatic heterocycles. The lowest BCUT2D eigenvalue weighted by Gasteiger charge is -2.09. The van der Waals surface area contributed by atoms with Crippen molar-refractivity contribution in [1.29, 1.82) is 5.41 Å². The molecule has 4 N–H and O–H groups in total. The highest BCUT2D eigenvalue weighted by molar-refractivity contribution is 5.85. The summed E-state index contributed by atoms with van der Waals surface area (Å²) in [6.07, 6.45) is -4.27. The van der Waals surface area contributed by atoms with Crippen molar-refractivity contribution in [2.75, 3.05) is 0 Å². The van der Waals surface area contributed by atoms with Crippen LogP contribution in [0.4, 0.5) is 22.0 Å². The Kier molecular flexibility index (Phi) is 5.69. The summed E-state index contributed by atoms with van der Waals surface area (Å²) in [5.74, 6) is -4.24. The predicted octanol–water partition coefficient (Wildman–Crippen LogP) is 2.22. The molecule has 0 fully saturated rings. The average molecular weight is 303 g/mol. The molecule has 0 spiro atoms. The summed E-state index contributed by atoms with van der Waals surface area (Å²) in [5.41, 5.74) is 4.55. The molecular weight excluding hydrogens is 295 g/mol. The van der Waals surface area contributed by atoms with Crippen molar-refractivity contribution in [2.24, 2.45) is 10.8 Å². The van der Waals surface area contributed by atoms with Gasteiger partial charge in [0.15, 0.2) is 11.6 Å². The largest absolute Gasteiger partial charge is 0.419 e. The topological polar surface area (TPSA) is 74.3 Å². The summed E-state index contributed by atoms with van der Waals surface area (Å²) in [4.78, 5) is 0. The molecule has 1 rings (SSSR count). The molecule has 1 aromatic rings. The maximum atomic E-state index is 13.2. The summed E-state index contributed by atoms with van der Waals surface area (Å²) in [6.45, 7) is 0. The molecule has 19 heavy (non-hydrogen) atoms. The molecule has 0 radical (unpaired) electrons. The first kappa shape index (κ1) is 17.1. The molecule has 0 unspecified atom stereocenters. The maximum Gasteiger partial charge on any atom is 0.419 e. The number of rotatable bonds is 2. The number of guanidine groups is 1. The molecule has 0 aliphatic rings. The third-order valence-corrected chi connectivity index (χ3v) is 1.81. The minimum atomic E-state index is -4.97. The van der Waals surface area contributed by atoms with Crippen molar-refractivity contribution >= 4 is 24.6 Å². The predicted molar refractivity (Wildman–Crippen MR) is 61.3 cm³/mol. The molecule has 0 aliphatic heterocycles. The lowest BCUT2D eigenvalue weighted by Crippen LogP contribution is -2.25. The Morgan fingerprint density at radius 1 is 1.26 bits per heavy atom. The van der Waals surface area contributed by atoms with E-state index < -0.39 is 34.9 Å². The van der Waals surface area contributed by atoms with Crippen LogP contribution in [0.5, 0.6) is 0 Å². The van der Waals surface area contributed by atoms with Gasteiger partial charge in [-0.2, -0.15) is 18.3 Å². The van der Waals surface area contributed by atoms with Crippen molar-refractivity contribution < 1.29 is 22.0 Å². The molecule has 0 heterocycles. The van der Waals surface area contributed by atoms with Crippen LogP contribution < -0.4 is 11.2 Å². The van der Waals surface area contributed by atoms with E-state index in [0.29, 0.717) is 18.3 Å². The van der Waals surface area contributed by atoms with Crippen LogP contribution in [0.25, 0.3) is 0 Å². The molecule has 0 amide bonds. The van der Waals surface area contributed by atoms with Gasteiger partial charge in [0, 0.05) is 5.56 Å². The van der Waals surface area contributed by atoms with Gasteiger partial charge in [-0.15, -0.1) is 12.4 Å². The van der Waals surface area contributed by atoms with E-state index in [1.165, 1.54) is 0 Å². The number of halogens is 6. The van der Waals surface area contributed by atoms with Crippen molar-refractivity contribution in [3.63, 3.8) is 0 Å². The SMILES string of the molecule is Cl.N=C(N)N/N=C/c1ccc(C(F)(F)F)c(F)c1F. The smallest absolute Gasteiger partial charge is 0.369 e. The van der Waals surface area contributed by atoms with E-state index >= 15 is 0 Å². The Bertz CT molecular complexity index is 500. The molecule has 10 heteroatoms. The number of benzene rings is 1. The van der Waals surface area contributed by atoms with Crippen LogP contribution in [0, 0.1) is 17.0 Å². The second kappa shape index (κ2) is 6.32. The van der Waals surface area contributed by atoms with Gasteiger partial charge in [0.2, 0.25) is 5.96 Å². The Morgan fingerprint density at radius 3 is 2.32 bits per heavy atom. The number of nitrogens with one attached hydrogen (secondary N) is 2. The standard InChI is InChI=1S/C9H7F5N4.ClH/c10-6-4(3-17-18-8(15)16)1-2-5(7(6)11)9(12,13)14;/h1-3H,(H4,15,16,18);1H/b17-3+;. The van der Waals surface area contributed by atoms with Crippen molar-refractivity contribution in [3.8, 4) is 0 Å². The summed E-state index contributed by atoms with van der Waals surface area (Å²) in [6, 6.07) is 1.11. The number of hydrogen-bond donors (Lipinski definition) is 3. The third kappa shape index (κ3) is 4.36. The van der Waals surface area contributed by atoms with Crippen LogP contribution >= 0.6 is 12.4 Å². The molecule has 106 valence electrons. The van der Waals surface area contributed by atoms with Crippen molar-refractivity contribution in [3.05, 3.63) is 34.9 Å². The van der Waals surface area contributed by atoms with Gasteiger partial charge in [-0.05, 0) is 12.1 Å². The first-order chi connectivity index (χ1) is 8.23. The first-order valence-corrected chi connectivity index (χ1v) is 4.41. The van der Waals surface area contributed by atoms with E-state index in [-0.39, 0.29) is 12.4 Å². The molecule has 4 nitrogen and oxygen atoms in total. The fraction of sp³-hybridized carbons (Fsp3) is 0.111. The van der Waals surface area contributed by atoms with Crippen LogP contribution in [0.1, 0.15) is 11.1 Å². The Labute approximate surface area is 110 Å². The van der Waals surface area contributed by atoms with Crippen molar-refractivity contribution in [2.45, 2.75) is 6.18 Å². The van der Waals surface area contributed by atoms with E-state index in [0.717, 1.165) is 0 Å². The van der Waals surface area contributed by atoms with Gasteiger partial charge in [-0.25, -0.2) is 14.2 Å². The van der Waals surface area contributed by atoms with E-state index in [9.17, 15) is 22.0 Å². The summed E-state index contributed by atoms with van der Waals surface area (Å²) >= 11 is 0. The van der Waals surface area contributed by atoms with Crippen LogP contribution in [-0.4, -0.2) is 12.2 Å². The molecular formula is C9H8ClF5N4. The van der Waals surface area contributed by atoms with Gasteiger partial charge in [-0.3, -0.25) is 5.41 Å². The summed E-state index contributed by atoms with van der Waals surface area (Å²) in [7, 11) is 0. The van der Waals surface area contributed by atoms with Gasteiger partial charge in [0.25, 0.3) is 0 Å². The molecule has 1 aromatic carbocycles. The zero-order valence-corrected chi connectivity index (χ0v) is 9.87. The lowest BCUT2D eigenvalue weighted by atomic mass is 10.1. The van der Waals surface area contributed by atoms with E-state index in [4.69, 9.17) is 11.1 Å². The first-order valence-electron chi connectivity index (χ1n) is 4.41. The van der Waals surface area contributed by atoms with Gasteiger partial charge < -0.3 is 5.73 Å². The van der Waals surface area contributed by atoms with Crippen molar-refractivity contribution in [1.82, 2.24) is 5.43 Å². The van der Waals surface area contributed by atoms with Gasteiger partial charge in [-0.1, -0.05) is 0 Å². The monoisotopic (exact) mass is 302 g/mol. The fourth-order valence-corrected chi connectivity index (χ4v) is 1.05. The molecule has 0 aliphatic carbocycles. The number of alkyl halides is 3. The minimum absolute atomic E-state index is 0. The molecule has 0 saturated carbocycles. The van der Waals surface area contributed by atoms with E-state index in [1.54, 1.807) is 0 Å². The van der Waals surface area contributed by atoms with Gasteiger partial charge in [0.05, 0.1) is 11.8 Å². The molecule has 0 atom stereocenters. The zero-order valence-electron chi connectivity index (χ0n) is 9.05. The van der Waals surface area contributed by atoms with E-state index in [2.05, 4.69) is 5.10 Å².